The van der Waals surface area contributed by atoms with Gasteiger partial charge >= 0.3 is 0 Å². The van der Waals surface area contributed by atoms with Crippen LogP contribution in [-0.4, -0.2) is 35.4 Å². The Kier molecular flexibility index (Phi) is 8.68. The van der Waals surface area contributed by atoms with E-state index in [9.17, 15) is 4.79 Å². The third kappa shape index (κ3) is 6.42. The summed E-state index contributed by atoms with van der Waals surface area (Å²) in [6.07, 6.45) is 3.48. The molecule has 0 bridgehead atoms. The maximum absolute atomic E-state index is 12.5. The Morgan fingerprint density at radius 2 is 1.81 bits per heavy atom. The maximum Gasteiger partial charge on any atom is 0.220 e. The Morgan fingerprint density at radius 1 is 1.10 bits per heavy atom. The highest BCUT2D eigenvalue weighted by Gasteiger charge is 2.21. The largest absolute Gasteiger partial charge is 0.441 e. The van der Waals surface area contributed by atoms with Crippen molar-refractivity contribution in [1.29, 1.82) is 0 Å². The van der Waals surface area contributed by atoms with Gasteiger partial charge in [-0.1, -0.05) is 74.0 Å². The van der Waals surface area contributed by atoms with E-state index < -0.39 is 0 Å². The molecular formula is C25H30ClN3O2. The van der Waals surface area contributed by atoms with Gasteiger partial charge in [-0.2, -0.15) is 0 Å². The van der Waals surface area contributed by atoms with Gasteiger partial charge in [0.2, 0.25) is 5.91 Å². The number of oxazole rings is 1. The van der Waals surface area contributed by atoms with E-state index in [0.717, 1.165) is 35.0 Å². The van der Waals surface area contributed by atoms with Crippen molar-refractivity contribution in [3.05, 3.63) is 77.3 Å². The minimum absolute atomic E-state index is 0.0269. The topological polar surface area (TPSA) is 58.4 Å². The Morgan fingerprint density at radius 3 is 2.52 bits per heavy atom. The lowest BCUT2D eigenvalue weighted by molar-refractivity contribution is -0.121. The molecule has 0 radical (unpaired) electrons. The monoisotopic (exact) mass is 439 g/mol. The number of rotatable bonds is 11. The van der Waals surface area contributed by atoms with Crippen molar-refractivity contribution in [3.63, 3.8) is 0 Å². The van der Waals surface area contributed by atoms with Gasteiger partial charge in [0, 0.05) is 30.0 Å². The molecule has 0 spiro atoms. The molecule has 1 amide bonds. The van der Waals surface area contributed by atoms with Crippen LogP contribution in [0, 0.1) is 0 Å². The molecule has 3 aromatic rings. The summed E-state index contributed by atoms with van der Waals surface area (Å²) in [5, 5.41) is 3.81. The summed E-state index contributed by atoms with van der Waals surface area (Å²) in [6.45, 7) is 6.54. The predicted molar refractivity (Wildman–Crippen MR) is 125 cm³/mol. The first-order valence-electron chi connectivity index (χ1n) is 10.9. The number of amides is 1. The summed E-state index contributed by atoms with van der Waals surface area (Å²) in [6, 6.07) is 17.8. The first-order chi connectivity index (χ1) is 15.1. The van der Waals surface area contributed by atoms with Crippen LogP contribution in [0.1, 0.15) is 44.2 Å². The summed E-state index contributed by atoms with van der Waals surface area (Å²) >= 11 is 6.43. The lowest BCUT2D eigenvalue weighted by Gasteiger charge is -2.31. The second-order valence-electron chi connectivity index (χ2n) is 7.40. The van der Waals surface area contributed by atoms with E-state index in [1.807, 2.05) is 54.6 Å². The molecule has 0 saturated carbocycles. The summed E-state index contributed by atoms with van der Waals surface area (Å²) in [4.78, 5) is 19.1. The molecule has 5 nitrogen and oxygen atoms in total. The van der Waals surface area contributed by atoms with E-state index in [4.69, 9.17) is 16.0 Å². The van der Waals surface area contributed by atoms with Gasteiger partial charge in [0.05, 0.1) is 12.2 Å². The van der Waals surface area contributed by atoms with E-state index in [1.165, 1.54) is 0 Å². The summed E-state index contributed by atoms with van der Waals surface area (Å²) in [5.41, 5.74) is 2.04. The number of aromatic nitrogens is 1. The predicted octanol–water partition coefficient (Wildman–Crippen LogP) is 5.52. The van der Waals surface area contributed by atoms with Crippen molar-refractivity contribution < 1.29 is 9.21 Å². The number of carbonyl (C=O) groups excluding carboxylic acids is 1. The van der Waals surface area contributed by atoms with E-state index >= 15 is 0 Å². The van der Waals surface area contributed by atoms with Crippen molar-refractivity contribution in [1.82, 2.24) is 15.2 Å². The van der Waals surface area contributed by atoms with Crippen LogP contribution in [0.4, 0.5) is 0 Å². The fraction of sp³-hybridized carbons (Fsp3) is 0.360. The van der Waals surface area contributed by atoms with Crippen molar-refractivity contribution >= 4 is 17.5 Å². The number of carbonyl (C=O) groups is 1. The molecular weight excluding hydrogens is 410 g/mol. The average molecular weight is 440 g/mol. The lowest BCUT2D eigenvalue weighted by atomic mass is 10.0. The van der Waals surface area contributed by atoms with Crippen molar-refractivity contribution in [2.75, 3.05) is 19.6 Å². The number of nitrogens with zero attached hydrogens (tertiary/aromatic N) is 2. The van der Waals surface area contributed by atoms with E-state index in [1.54, 1.807) is 6.20 Å². The molecule has 164 valence electrons. The minimum atomic E-state index is 0.0269. The smallest absolute Gasteiger partial charge is 0.220 e. The van der Waals surface area contributed by atoms with Crippen molar-refractivity contribution in [2.24, 2.45) is 0 Å². The number of benzene rings is 2. The van der Waals surface area contributed by atoms with Gasteiger partial charge in [0.15, 0.2) is 11.7 Å². The van der Waals surface area contributed by atoms with Crippen molar-refractivity contribution in [2.45, 2.75) is 39.2 Å². The van der Waals surface area contributed by atoms with Crippen LogP contribution in [0.15, 0.2) is 65.2 Å². The fourth-order valence-electron chi connectivity index (χ4n) is 3.71. The SMILES string of the molecule is CCN(CC)C(CNC(=O)CCCc1ncc(-c2ccccc2)o1)c1ccccc1Cl. The zero-order chi connectivity index (χ0) is 22.1. The number of halogens is 1. The van der Waals surface area contributed by atoms with Crippen LogP contribution in [-0.2, 0) is 11.2 Å². The number of hydrogen-bond acceptors (Lipinski definition) is 4. The average Bonchev–Trinajstić information content (AvgIpc) is 3.27. The first-order valence-corrected chi connectivity index (χ1v) is 11.3. The Balaban J connectivity index is 1.50. The fourth-order valence-corrected chi connectivity index (χ4v) is 3.97. The quantitative estimate of drug-likeness (QED) is 0.427. The molecule has 1 heterocycles. The number of likely N-dealkylation sites (N-methyl/N-ethyl adjacent to an activating group) is 1. The van der Waals surface area contributed by atoms with Crippen LogP contribution >= 0.6 is 11.6 Å². The molecule has 6 heteroatoms. The molecule has 0 saturated heterocycles. The van der Waals surface area contributed by atoms with Gasteiger partial charge in [-0.3, -0.25) is 9.69 Å². The zero-order valence-electron chi connectivity index (χ0n) is 18.2. The van der Waals surface area contributed by atoms with Crippen LogP contribution in [0.25, 0.3) is 11.3 Å². The van der Waals surface area contributed by atoms with Gasteiger partial charge in [-0.05, 0) is 31.1 Å². The van der Waals surface area contributed by atoms with Gasteiger partial charge in [-0.15, -0.1) is 0 Å². The number of nitrogens with one attached hydrogen (secondary N) is 1. The maximum atomic E-state index is 12.5. The Hall–Kier alpha value is -2.63. The second kappa shape index (κ2) is 11.7. The Labute approximate surface area is 189 Å². The van der Waals surface area contributed by atoms with E-state index in [2.05, 4.69) is 29.0 Å². The Bertz CT molecular complexity index is 954. The summed E-state index contributed by atoms with van der Waals surface area (Å²) in [7, 11) is 0. The van der Waals surface area contributed by atoms with E-state index in [-0.39, 0.29) is 11.9 Å². The summed E-state index contributed by atoms with van der Waals surface area (Å²) < 4.78 is 5.82. The summed E-state index contributed by atoms with van der Waals surface area (Å²) in [5.74, 6) is 1.43. The first kappa shape index (κ1) is 23.0. The highest BCUT2D eigenvalue weighted by molar-refractivity contribution is 6.31. The molecule has 2 aromatic carbocycles. The highest BCUT2D eigenvalue weighted by atomic mass is 35.5. The molecule has 0 aliphatic carbocycles. The molecule has 3 rings (SSSR count). The molecule has 1 unspecified atom stereocenters. The van der Waals surface area contributed by atoms with Crippen LogP contribution in [0.2, 0.25) is 5.02 Å². The molecule has 0 aliphatic heterocycles. The van der Waals surface area contributed by atoms with Gasteiger partial charge < -0.3 is 9.73 Å². The van der Waals surface area contributed by atoms with Crippen LogP contribution in [0.5, 0.6) is 0 Å². The number of hydrogen-bond donors (Lipinski definition) is 1. The third-order valence-corrected chi connectivity index (χ3v) is 5.76. The van der Waals surface area contributed by atoms with Crippen LogP contribution < -0.4 is 5.32 Å². The highest BCUT2D eigenvalue weighted by Crippen LogP contribution is 2.27. The van der Waals surface area contributed by atoms with E-state index in [0.29, 0.717) is 31.7 Å². The lowest BCUT2D eigenvalue weighted by Crippen LogP contribution is -2.38. The number of aryl methyl sites for hydroxylation is 1. The van der Waals surface area contributed by atoms with Crippen LogP contribution in [0.3, 0.4) is 0 Å². The second-order valence-corrected chi connectivity index (χ2v) is 7.81. The molecule has 1 aromatic heterocycles. The molecule has 0 fully saturated rings. The molecule has 31 heavy (non-hydrogen) atoms. The molecule has 0 aliphatic rings. The van der Waals surface area contributed by atoms with Gasteiger partial charge in [-0.25, -0.2) is 4.98 Å². The zero-order valence-corrected chi connectivity index (χ0v) is 18.9. The van der Waals surface area contributed by atoms with Gasteiger partial charge in [0.1, 0.15) is 0 Å². The minimum Gasteiger partial charge on any atom is -0.441 e. The molecule has 1 atom stereocenters. The standard InChI is InChI=1S/C25H30ClN3O2/c1-3-29(4-2)22(20-13-8-9-14-21(20)26)17-27-24(30)15-10-16-25-28-18-23(31-25)19-11-6-5-7-12-19/h5-9,11-14,18,22H,3-4,10,15-17H2,1-2H3,(H,27,30). The normalized spacial score (nSPS) is 12.1. The molecule has 1 N–H and O–H groups in total. The van der Waals surface area contributed by atoms with Crippen molar-refractivity contribution in [3.8, 4) is 11.3 Å². The third-order valence-electron chi connectivity index (χ3n) is 5.42. The van der Waals surface area contributed by atoms with Gasteiger partial charge in [0.25, 0.3) is 0 Å².